The fourth-order valence-corrected chi connectivity index (χ4v) is 2.58. The van der Waals surface area contributed by atoms with E-state index in [1.165, 1.54) is 49.6 Å². The summed E-state index contributed by atoms with van der Waals surface area (Å²) in [5.41, 5.74) is -0.267. The Morgan fingerprint density at radius 1 is 1.17 bits per heavy atom. The molecular formula is C17H11NO6. The number of nitro benzene ring substituents is 1. The molecule has 0 atom stereocenters. The maximum atomic E-state index is 12.5. The largest absolute Gasteiger partial charge is 0.504 e. The predicted molar refractivity (Wildman–Crippen MR) is 84.4 cm³/mol. The predicted octanol–water partition coefficient (Wildman–Crippen LogP) is 2.77. The molecule has 0 aromatic heterocycles. The molecule has 120 valence electrons. The number of benzene rings is 2. The first-order chi connectivity index (χ1) is 11.4. The summed E-state index contributed by atoms with van der Waals surface area (Å²) in [4.78, 5) is 35.3. The van der Waals surface area contributed by atoms with Crippen LogP contribution in [0.2, 0.25) is 0 Å². The van der Waals surface area contributed by atoms with Gasteiger partial charge in [-0.15, -0.1) is 0 Å². The molecule has 0 unspecified atom stereocenters. The molecule has 0 spiro atoms. The smallest absolute Gasteiger partial charge is 0.281 e. The van der Waals surface area contributed by atoms with Crippen LogP contribution in [0.15, 0.2) is 42.0 Å². The third kappa shape index (κ3) is 2.32. The summed E-state index contributed by atoms with van der Waals surface area (Å²) in [6.45, 7) is 0. The molecule has 1 aliphatic rings. The van der Waals surface area contributed by atoms with Crippen LogP contribution < -0.4 is 4.74 Å². The molecule has 2 aromatic rings. The topological polar surface area (TPSA) is 107 Å². The molecule has 0 saturated heterocycles. The number of ether oxygens (including phenoxy) is 1. The summed E-state index contributed by atoms with van der Waals surface area (Å²) in [6, 6.07) is 8.28. The van der Waals surface area contributed by atoms with Crippen LogP contribution >= 0.6 is 0 Å². The lowest BCUT2D eigenvalue weighted by Gasteiger charge is -2.04. The van der Waals surface area contributed by atoms with Gasteiger partial charge in [0.15, 0.2) is 17.3 Å². The number of rotatable bonds is 3. The van der Waals surface area contributed by atoms with E-state index in [-0.39, 0.29) is 28.2 Å². The molecule has 7 nitrogen and oxygen atoms in total. The van der Waals surface area contributed by atoms with Gasteiger partial charge < -0.3 is 9.84 Å². The van der Waals surface area contributed by atoms with Gasteiger partial charge in [-0.1, -0.05) is 12.1 Å². The molecule has 0 saturated carbocycles. The second kappa shape index (κ2) is 5.62. The second-order valence-corrected chi connectivity index (χ2v) is 5.10. The Hall–Kier alpha value is -3.48. The summed E-state index contributed by atoms with van der Waals surface area (Å²) in [5.74, 6) is -1.14. The summed E-state index contributed by atoms with van der Waals surface area (Å²) in [7, 11) is 1.37. The summed E-state index contributed by atoms with van der Waals surface area (Å²) in [6.07, 6.45) is 1.33. The maximum Gasteiger partial charge on any atom is 0.281 e. The second-order valence-electron chi connectivity index (χ2n) is 5.10. The lowest BCUT2D eigenvalue weighted by molar-refractivity contribution is -0.385. The number of nitrogens with zero attached hydrogens (tertiary/aromatic N) is 1. The minimum absolute atomic E-state index is 0.0196. The van der Waals surface area contributed by atoms with E-state index in [4.69, 9.17) is 4.74 Å². The van der Waals surface area contributed by atoms with Crippen LogP contribution in [0.3, 0.4) is 0 Å². The number of ketones is 2. The average molecular weight is 325 g/mol. The van der Waals surface area contributed by atoms with Crippen molar-refractivity contribution in [1.29, 1.82) is 0 Å². The van der Waals surface area contributed by atoms with Gasteiger partial charge in [-0.3, -0.25) is 19.7 Å². The highest BCUT2D eigenvalue weighted by molar-refractivity contribution is 6.42. The SMILES string of the molecule is COc1cc(C=C2C(=O)c3cccc([N+](=O)[O-])c3C2=O)ccc1O. The van der Waals surface area contributed by atoms with E-state index < -0.39 is 22.2 Å². The number of hydrogen-bond acceptors (Lipinski definition) is 6. The number of methoxy groups -OCH3 is 1. The van der Waals surface area contributed by atoms with Gasteiger partial charge >= 0.3 is 0 Å². The highest BCUT2D eigenvalue weighted by Crippen LogP contribution is 2.35. The molecule has 0 aliphatic heterocycles. The van der Waals surface area contributed by atoms with Crippen molar-refractivity contribution in [3.63, 3.8) is 0 Å². The van der Waals surface area contributed by atoms with Crippen molar-refractivity contribution in [2.45, 2.75) is 0 Å². The van der Waals surface area contributed by atoms with Crippen LogP contribution in [-0.2, 0) is 0 Å². The highest BCUT2D eigenvalue weighted by atomic mass is 16.6. The molecule has 24 heavy (non-hydrogen) atoms. The van der Waals surface area contributed by atoms with Crippen molar-refractivity contribution in [3.05, 3.63) is 68.8 Å². The quantitative estimate of drug-likeness (QED) is 0.402. The lowest BCUT2D eigenvalue weighted by atomic mass is 10.1. The van der Waals surface area contributed by atoms with E-state index in [2.05, 4.69) is 0 Å². The first-order valence-corrected chi connectivity index (χ1v) is 6.89. The molecule has 3 rings (SSSR count). The molecule has 0 fully saturated rings. The monoisotopic (exact) mass is 325 g/mol. The number of carbonyl (C=O) groups excluding carboxylic acids is 2. The van der Waals surface area contributed by atoms with E-state index in [1.807, 2.05) is 0 Å². The van der Waals surface area contributed by atoms with E-state index in [0.717, 1.165) is 0 Å². The van der Waals surface area contributed by atoms with E-state index in [1.54, 1.807) is 0 Å². The van der Waals surface area contributed by atoms with Crippen molar-refractivity contribution in [2.24, 2.45) is 0 Å². The minimum Gasteiger partial charge on any atom is -0.504 e. The number of carbonyl (C=O) groups is 2. The summed E-state index contributed by atoms with van der Waals surface area (Å²) >= 11 is 0. The zero-order chi connectivity index (χ0) is 17.4. The maximum absolute atomic E-state index is 12.5. The Kier molecular flexibility index (Phi) is 3.61. The first kappa shape index (κ1) is 15.4. The highest BCUT2D eigenvalue weighted by Gasteiger charge is 2.38. The summed E-state index contributed by atoms with van der Waals surface area (Å²) < 4.78 is 4.98. The van der Waals surface area contributed by atoms with E-state index >= 15 is 0 Å². The normalized spacial score (nSPS) is 14.8. The van der Waals surface area contributed by atoms with Gasteiger partial charge in [-0.05, 0) is 29.8 Å². The lowest BCUT2D eigenvalue weighted by Crippen LogP contribution is -2.02. The number of phenolic OH excluding ortho intramolecular Hbond substituents is 1. The number of hydrogen-bond donors (Lipinski definition) is 1. The Balaban J connectivity index is 2.12. The average Bonchev–Trinajstić information content (AvgIpc) is 2.81. The number of phenols is 1. The van der Waals surface area contributed by atoms with Crippen molar-refractivity contribution in [2.75, 3.05) is 7.11 Å². The fourth-order valence-electron chi connectivity index (χ4n) is 2.58. The van der Waals surface area contributed by atoms with Crippen LogP contribution in [0, 0.1) is 10.1 Å². The molecule has 7 heteroatoms. The van der Waals surface area contributed by atoms with Crippen LogP contribution in [0.5, 0.6) is 11.5 Å². The summed E-state index contributed by atoms with van der Waals surface area (Å²) in [5, 5.41) is 20.7. The van der Waals surface area contributed by atoms with Gasteiger partial charge in [0.1, 0.15) is 5.56 Å². The van der Waals surface area contributed by atoms with Crippen molar-refractivity contribution in [3.8, 4) is 11.5 Å². The number of nitro groups is 1. The number of allylic oxidation sites excluding steroid dienone is 1. The van der Waals surface area contributed by atoms with Crippen molar-refractivity contribution < 1.29 is 24.4 Å². The number of fused-ring (bicyclic) bond motifs is 1. The molecule has 0 bridgehead atoms. The van der Waals surface area contributed by atoms with E-state index in [0.29, 0.717) is 5.56 Å². The number of Topliss-reactive ketones (excluding diaryl/α,β-unsaturated/α-hetero) is 2. The molecule has 0 radical (unpaired) electrons. The van der Waals surface area contributed by atoms with Gasteiger partial charge in [0.05, 0.1) is 17.6 Å². The van der Waals surface area contributed by atoms with Crippen LogP contribution in [-0.4, -0.2) is 28.7 Å². The van der Waals surface area contributed by atoms with Gasteiger partial charge in [0.2, 0.25) is 5.78 Å². The van der Waals surface area contributed by atoms with Crippen LogP contribution in [0.4, 0.5) is 5.69 Å². The third-order valence-corrected chi connectivity index (χ3v) is 3.71. The Morgan fingerprint density at radius 3 is 2.58 bits per heavy atom. The van der Waals surface area contributed by atoms with E-state index in [9.17, 15) is 24.8 Å². The van der Waals surface area contributed by atoms with Gasteiger partial charge in [0, 0.05) is 11.6 Å². The zero-order valence-corrected chi connectivity index (χ0v) is 12.5. The number of aromatic hydroxyl groups is 1. The standard InChI is InChI=1S/C17H11NO6/c1-24-14-8-9(5-6-13(14)19)7-11-16(20)10-3-2-4-12(18(22)23)15(10)17(11)21/h2-8,19H,1H3. The Bertz CT molecular complexity index is 929. The molecule has 1 aliphatic carbocycles. The fraction of sp³-hybridized carbons (Fsp3) is 0.0588. The molecular weight excluding hydrogens is 314 g/mol. The molecule has 2 aromatic carbocycles. The zero-order valence-electron chi connectivity index (χ0n) is 12.5. The van der Waals surface area contributed by atoms with Crippen molar-refractivity contribution >= 4 is 23.3 Å². The van der Waals surface area contributed by atoms with Crippen LogP contribution in [0.1, 0.15) is 26.3 Å². The molecule has 0 heterocycles. The van der Waals surface area contributed by atoms with Crippen molar-refractivity contribution in [1.82, 2.24) is 0 Å². The van der Waals surface area contributed by atoms with Gasteiger partial charge in [-0.2, -0.15) is 0 Å². The Labute approximate surface area is 136 Å². The molecule has 0 amide bonds. The van der Waals surface area contributed by atoms with Gasteiger partial charge in [-0.25, -0.2) is 0 Å². The van der Waals surface area contributed by atoms with Gasteiger partial charge in [0.25, 0.3) is 5.69 Å². The third-order valence-electron chi connectivity index (χ3n) is 3.71. The van der Waals surface area contributed by atoms with Crippen LogP contribution in [0.25, 0.3) is 6.08 Å². The Morgan fingerprint density at radius 2 is 1.92 bits per heavy atom. The minimum atomic E-state index is -0.686. The first-order valence-electron chi connectivity index (χ1n) is 6.89. The molecule has 1 N–H and O–H groups in total.